The van der Waals surface area contributed by atoms with Crippen LogP contribution in [0.2, 0.25) is 0 Å². The van der Waals surface area contributed by atoms with E-state index in [1.807, 2.05) is 0 Å². The van der Waals surface area contributed by atoms with Gasteiger partial charge >= 0.3 is 0 Å². The van der Waals surface area contributed by atoms with Gasteiger partial charge in [0.15, 0.2) is 0 Å². The van der Waals surface area contributed by atoms with Crippen LogP contribution in [0, 0.1) is 0 Å². The fourth-order valence-corrected chi connectivity index (χ4v) is 1.09. The Bertz CT molecular complexity index is 832. The molecule has 1 aromatic rings. The van der Waals surface area contributed by atoms with Crippen LogP contribution in [0.5, 0.6) is 5.75 Å². The molecule has 0 saturated heterocycles. The molecule has 1 atom stereocenters. The number of hydrogen-bond donors (Lipinski definition) is 2. The molecular formula is C15H25NO3. The van der Waals surface area contributed by atoms with E-state index < -0.39 is 58.9 Å². The summed E-state index contributed by atoms with van der Waals surface area (Å²) in [6, 6.07) is 0.830. The van der Waals surface area contributed by atoms with Crippen molar-refractivity contribution >= 4 is 0 Å². The van der Waals surface area contributed by atoms with Crippen LogP contribution in [0.15, 0.2) is 24.3 Å². The summed E-state index contributed by atoms with van der Waals surface area (Å²) < 4.78 is 129. The summed E-state index contributed by atoms with van der Waals surface area (Å²) in [5.74, 6) is -0.0829. The quantitative estimate of drug-likeness (QED) is 0.723. The van der Waals surface area contributed by atoms with Crippen LogP contribution in [0.4, 0.5) is 0 Å². The zero-order valence-corrected chi connectivity index (χ0v) is 9.86. The number of aliphatic hydroxyl groups excluding tert-OH is 1. The van der Waals surface area contributed by atoms with Crippen LogP contribution in [0.1, 0.15) is 41.2 Å². The normalized spacial score (nSPS) is 29.9. The van der Waals surface area contributed by atoms with E-state index in [9.17, 15) is 5.11 Å². The van der Waals surface area contributed by atoms with Crippen molar-refractivity contribution in [2.24, 2.45) is 0 Å². The van der Waals surface area contributed by atoms with Gasteiger partial charge in [-0.1, -0.05) is 25.8 Å². The molecule has 1 unspecified atom stereocenters. The Kier molecular flexibility index (Phi) is 2.09. The number of aliphatic hydroxyl groups is 1. The lowest BCUT2D eigenvalue weighted by Crippen LogP contribution is -2.35. The van der Waals surface area contributed by atoms with Crippen LogP contribution in [-0.4, -0.2) is 43.9 Å². The molecule has 0 heterocycles. The molecule has 1 aromatic carbocycles. The van der Waals surface area contributed by atoms with E-state index in [0.29, 0.717) is 0 Å². The predicted octanol–water partition coefficient (Wildman–Crippen LogP) is 1.61. The molecule has 0 aliphatic heterocycles. The fourth-order valence-electron chi connectivity index (χ4n) is 1.09. The summed E-state index contributed by atoms with van der Waals surface area (Å²) in [6.07, 6.45) is -5.08. The largest absolute Gasteiger partial charge is 0.491 e. The maximum absolute atomic E-state index is 10.1. The summed E-state index contributed by atoms with van der Waals surface area (Å²) in [7, 11) is -3.21. The lowest BCUT2D eigenvalue weighted by Gasteiger charge is -2.15. The van der Waals surface area contributed by atoms with Gasteiger partial charge in [-0.25, -0.2) is 0 Å². The van der Waals surface area contributed by atoms with Gasteiger partial charge in [-0.05, 0) is 24.1 Å². The van der Waals surface area contributed by atoms with Gasteiger partial charge in [0.25, 0.3) is 0 Å². The molecule has 4 nitrogen and oxygen atoms in total. The molecule has 1 rings (SSSR count). The maximum atomic E-state index is 10.1. The average molecular weight is 283 g/mol. The standard InChI is InChI=1S/C15H25NO3/c1-12(2)16-10-14(17)11-19-15-6-4-13(5-7-15)8-9-18-3/h4-7,12,14,16-17H,8-11H2,1-3H3/i1D3,2D3,3D3,8D2,9D2,10D2,12D. The average Bonchev–Trinajstić information content (AvgIpc) is 2.62. The Balaban J connectivity index is 2.98. The first-order chi connectivity index (χ1) is 15.3. The van der Waals surface area contributed by atoms with Crippen molar-refractivity contribution in [2.75, 3.05) is 26.7 Å². The molecule has 0 amide bonds. The van der Waals surface area contributed by atoms with Crippen LogP contribution in [0.25, 0.3) is 0 Å². The molecule has 108 valence electrons. The van der Waals surface area contributed by atoms with Gasteiger partial charge in [0.2, 0.25) is 0 Å². The lowest BCUT2D eigenvalue weighted by atomic mass is 10.1. The van der Waals surface area contributed by atoms with Crippen molar-refractivity contribution in [1.29, 1.82) is 0 Å². The summed E-state index contributed by atoms with van der Waals surface area (Å²) in [6.45, 7) is -14.2. The van der Waals surface area contributed by atoms with E-state index in [2.05, 4.69) is 4.74 Å². The van der Waals surface area contributed by atoms with Gasteiger partial charge in [-0.15, -0.1) is 0 Å². The number of methoxy groups -OCH3 is 1. The van der Waals surface area contributed by atoms with Crippen molar-refractivity contribution in [3.8, 4) is 5.75 Å². The Morgan fingerprint density at radius 1 is 1.42 bits per heavy atom. The second-order valence-electron chi connectivity index (χ2n) is 3.32. The molecule has 0 aliphatic rings. The molecule has 0 aliphatic carbocycles. The van der Waals surface area contributed by atoms with Crippen molar-refractivity contribution in [3.63, 3.8) is 0 Å². The molecule has 0 fully saturated rings. The minimum Gasteiger partial charge on any atom is -0.491 e. The first-order valence-corrected chi connectivity index (χ1v) is 5.18. The van der Waals surface area contributed by atoms with E-state index >= 15 is 0 Å². The molecule has 19 heavy (non-hydrogen) atoms. The molecule has 0 aromatic heterocycles. The minimum absolute atomic E-state index is 0.0829. The maximum Gasteiger partial charge on any atom is 0.119 e. The first-order valence-electron chi connectivity index (χ1n) is 13.2. The molecule has 0 saturated carbocycles. The summed E-state index contributed by atoms with van der Waals surface area (Å²) in [4.78, 5) is 0. The molecular weight excluding hydrogens is 242 g/mol. The summed E-state index contributed by atoms with van der Waals surface area (Å²) in [5, 5.41) is 11.7. The van der Waals surface area contributed by atoms with Gasteiger partial charge in [0.1, 0.15) is 18.5 Å². The number of rotatable bonds is 9. The highest BCUT2D eigenvalue weighted by Crippen LogP contribution is 2.12. The third-order valence-corrected chi connectivity index (χ3v) is 1.87. The highest BCUT2D eigenvalue weighted by Gasteiger charge is 2.05. The number of hydrogen-bond acceptors (Lipinski definition) is 4. The highest BCUT2D eigenvalue weighted by atomic mass is 16.5. The minimum atomic E-state index is -3.49. The van der Waals surface area contributed by atoms with Crippen LogP contribution >= 0.6 is 0 Å². The molecule has 4 heteroatoms. The topological polar surface area (TPSA) is 50.7 Å². The zero-order chi connectivity index (χ0) is 27.9. The van der Waals surface area contributed by atoms with Gasteiger partial charge in [0, 0.05) is 34.6 Å². The first kappa shape index (κ1) is 4.45. The second-order valence-corrected chi connectivity index (χ2v) is 3.32. The number of ether oxygens (including phenoxy) is 2. The van der Waals surface area contributed by atoms with E-state index in [-0.39, 0.29) is 11.3 Å². The number of aryl methyl sites for hydroxylation is 1. The summed E-state index contributed by atoms with van der Waals surface area (Å²) >= 11 is 0. The molecule has 0 radical (unpaired) electrons. The van der Waals surface area contributed by atoms with Crippen molar-refractivity contribution in [2.45, 2.75) is 32.2 Å². The number of benzene rings is 1. The SMILES string of the molecule is [2H]C([2H])([2H])OC([2H])([2H])C([2H])([2H])c1ccc(OCC(O)C([2H])([2H])NC([2H])(C([2H])([2H])[2H])C([2H])([2H])[2H])cc1. The van der Waals surface area contributed by atoms with Crippen LogP contribution in [0.3, 0.4) is 0 Å². The second kappa shape index (κ2) is 8.91. The smallest absolute Gasteiger partial charge is 0.119 e. The van der Waals surface area contributed by atoms with Crippen molar-refractivity contribution in [3.05, 3.63) is 29.8 Å². The van der Waals surface area contributed by atoms with Crippen LogP contribution in [-0.2, 0) is 11.1 Å². The highest BCUT2D eigenvalue weighted by molar-refractivity contribution is 5.27. The third-order valence-electron chi connectivity index (χ3n) is 1.87. The molecule has 0 bridgehead atoms. The predicted molar refractivity (Wildman–Crippen MR) is 76.7 cm³/mol. The van der Waals surface area contributed by atoms with E-state index in [1.165, 1.54) is 0 Å². The summed E-state index contributed by atoms with van der Waals surface area (Å²) in [5.41, 5.74) is -0.328. The van der Waals surface area contributed by atoms with Gasteiger partial charge in [-0.2, -0.15) is 0 Å². The van der Waals surface area contributed by atoms with Gasteiger partial charge < -0.3 is 19.9 Å². The van der Waals surface area contributed by atoms with Crippen molar-refractivity contribution in [1.82, 2.24) is 5.32 Å². The third kappa shape index (κ3) is 7.15. The Labute approximate surface area is 138 Å². The van der Waals surface area contributed by atoms with E-state index in [4.69, 9.17) is 26.7 Å². The Hall–Kier alpha value is -1.10. The van der Waals surface area contributed by atoms with Crippen LogP contribution < -0.4 is 10.1 Å². The fraction of sp³-hybridized carbons (Fsp3) is 0.600. The van der Waals surface area contributed by atoms with E-state index in [1.54, 1.807) is 5.32 Å². The number of nitrogens with one attached hydrogen (secondary N) is 1. The Morgan fingerprint density at radius 3 is 2.89 bits per heavy atom. The van der Waals surface area contributed by atoms with Crippen molar-refractivity contribution < 1.29 is 36.5 Å². The van der Waals surface area contributed by atoms with E-state index in [0.717, 1.165) is 24.3 Å². The van der Waals surface area contributed by atoms with Gasteiger partial charge in [-0.3, -0.25) is 0 Å². The molecule has 2 N–H and O–H groups in total. The molecule has 0 spiro atoms. The Morgan fingerprint density at radius 2 is 2.21 bits per heavy atom. The zero-order valence-electron chi connectivity index (χ0n) is 25.9. The monoisotopic (exact) mass is 283 g/mol. The lowest BCUT2D eigenvalue weighted by molar-refractivity contribution is 0.104. The van der Waals surface area contributed by atoms with Gasteiger partial charge in [0.05, 0.1) is 13.4 Å².